The number of piperidine rings is 1. The summed E-state index contributed by atoms with van der Waals surface area (Å²) in [6, 6.07) is 2.36. The number of carbonyl (C=O) groups excluding carboxylic acids is 1. The molecule has 2 fully saturated rings. The molecule has 0 N–H and O–H groups in total. The third-order valence-corrected chi connectivity index (χ3v) is 7.99. The fourth-order valence-corrected chi connectivity index (χ4v) is 5.86. The van der Waals surface area contributed by atoms with Crippen LogP contribution in [0.3, 0.4) is 0 Å². The molecule has 1 atom stereocenters. The van der Waals surface area contributed by atoms with Gasteiger partial charge < -0.3 is 9.80 Å². The number of nitrogens with zero attached hydrogens (tertiary/aromatic N) is 6. The van der Waals surface area contributed by atoms with Crippen molar-refractivity contribution in [1.29, 1.82) is 5.26 Å². The van der Waals surface area contributed by atoms with Crippen LogP contribution in [0.1, 0.15) is 37.1 Å². The number of rotatable bonds is 4. The molecule has 0 bridgehead atoms. The minimum absolute atomic E-state index is 0.0608. The topological polar surface area (TPSA) is 76.4 Å². The number of aromatic nitrogens is 2. The van der Waals surface area contributed by atoms with E-state index < -0.39 is 0 Å². The van der Waals surface area contributed by atoms with Crippen LogP contribution in [0.25, 0.3) is 10.2 Å². The van der Waals surface area contributed by atoms with Gasteiger partial charge in [0.1, 0.15) is 23.0 Å². The Labute approximate surface area is 188 Å². The van der Waals surface area contributed by atoms with E-state index in [4.69, 9.17) is 0 Å². The van der Waals surface area contributed by atoms with Gasteiger partial charge in [-0.3, -0.25) is 9.69 Å². The largest absolute Gasteiger partial charge is 0.356 e. The van der Waals surface area contributed by atoms with Gasteiger partial charge in [-0.05, 0) is 38.2 Å². The molecular formula is C23H32N6OS. The molecule has 31 heavy (non-hydrogen) atoms. The first-order chi connectivity index (χ1) is 14.9. The smallest absolute Gasteiger partial charge is 0.225 e. The van der Waals surface area contributed by atoms with Gasteiger partial charge in [0.15, 0.2) is 0 Å². The third kappa shape index (κ3) is 4.26. The molecule has 4 heterocycles. The maximum atomic E-state index is 13.1. The summed E-state index contributed by atoms with van der Waals surface area (Å²) in [6.45, 7) is 13.2. The van der Waals surface area contributed by atoms with Gasteiger partial charge in [0.25, 0.3) is 0 Å². The highest BCUT2D eigenvalue weighted by atomic mass is 32.1. The average molecular weight is 441 g/mol. The van der Waals surface area contributed by atoms with Gasteiger partial charge in [0, 0.05) is 50.1 Å². The van der Waals surface area contributed by atoms with Crippen molar-refractivity contribution >= 4 is 33.3 Å². The van der Waals surface area contributed by atoms with Crippen molar-refractivity contribution in [3.8, 4) is 6.07 Å². The Kier molecular flexibility index (Phi) is 6.44. The second-order valence-corrected chi connectivity index (χ2v) is 10.3. The van der Waals surface area contributed by atoms with E-state index in [1.807, 2.05) is 4.90 Å². The van der Waals surface area contributed by atoms with Crippen molar-refractivity contribution in [3.05, 3.63) is 16.8 Å². The van der Waals surface area contributed by atoms with Gasteiger partial charge in [0.05, 0.1) is 11.5 Å². The zero-order valence-corrected chi connectivity index (χ0v) is 19.8. The van der Waals surface area contributed by atoms with E-state index in [9.17, 15) is 10.1 Å². The highest BCUT2D eigenvalue weighted by molar-refractivity contribution is 7.18. The predicted octanol–water partition coefficient (Wildman–Crippen LogP) is 3.22. The molecule has 7 nitrogen and oxygen atoms in total. The van der Waals surface area contributed by atoms with Crippen molar-refractivity contribution in [2.24, 2.45) is 11.8 Å². The van der Waals surface area contributed by atoms with E-state index in [1.165, 1.54) is 15.8 Å². The molecule has 0 aliphatic carbocycles. The number of hydrogen-bond donors (Lipinski definition) is 0. The van der Waals surface area contributed by atoms with Gasteiger partial charge in [-0.15, -0.1) is 11.3 Å². The van der Waals surface area contributed by atoms with Crippen LogP contribution in [0.4, 0.5) is 5.82 Å². The molecule has 0 saturated carbocycles. The van der Waals surface area contributed by atoms with Gasteiger partial charge in [-0.25, -0.2) is 9.97 Å². The number of piperazine rings is 1. The molecule has 0 spiro atoms. The second-order valence-electron chi connectivity index (χ2n) is 9.10. The van der Waals surface area contributed by atoms with Gasteiger partial charge in [-0.2, -0.15) is 5.26 Å². The number of aryl methyl sites for hydroxylation is 2. The lowest BCUT2D eigenvalue weighted by atomic mass is 9.94. The van der Waals surface area contributed by atoms with E-state index in [2.05, 4.69) is 53.5 Å². The van der Waals surface area contributed by atoms with Crippen molar-refractivity contribution in [3.63, 3.8) is 0 Å². The second kappa shape index (κ2) is 9.09. The maximum absolute atomic E-state index is 13.1. The maximum Gasteiger partial charge on any atom is 0.225 e. The first-order valence-corrected chi connectivity index (χ1v) is 12.1. The lowest BCUT2D eigenvalue weighted by Gasteiger charge is -2.40. The van der Waals surface area contributed by atoms with E-state index in [0.29, 0.717) is 5.92 Å². The number of carbonyl (C=O) groups is 1. The standard InChI is InChI=1S/C23H32N6OS/c1-15(2)19(13-24)27-9-11-29(12-10-27)23(30)18-5-7-28(8-6-18)21-20-16(3)17(4)31-22(20)26-14-25-21/h14-15,18-19H,5-12H2,1-4H3. The lowest BCUT2D eigenvalue weighted by Crippen LogP contribution is -2.54. The molecule has 0 radical (unpaired) electrons. The average Bonchev–Trinajstić information content (AvgIpc) is 3.08. The summed E-state index contributed by atoms with van der Waals surface area (Å²) in [4.78, 5) is 31.1. The number of amides is 1. The normalized spacial score (nSPS) is 19.7. The summed E-state index contributed by atoms with van der Waals surface area (Å²) in [5.74, 6) is 1.69. The molecule has 2 saturated heterocycles. The van der Waals surface area contributed by atoms with Gasteiger partial charge in [0.2, 0.25) is 5.91 Å². The molecule has 1 amide bonds. The lowest BCUT2D eigenvalue weighted by molar-refractivity contribution is -0.138. The third-order valence-electron chi connectivity index (χ3n) is 6.87. The number of nitriles is 1. The SMILES string of the molecule is Cc1sc2ncnc(N3CCC(C(=O)N4CCN(C(C#N)C(C)C)CC4)CC3)c2c1C. The summed E-state index contributed by atoms with van der Waals surface area (Å²) < 4.78 is 0. The van der Waals surface area contributed by atoms with Crippen LogP contribution in [-0.4, -0.2) is 71.0 Å². The van der Waals surface area contributed by atoms with Crippen molar-refractivity contribution in [1.82, 2.24) is 19.8 Å². The Morgan fingerprint density at radius 2 is 1.81 bits per heavy atom. The Bertz CT molecular complexity index is 980. The van der Waals surface area contributed by atoms with Crippen LogP contribution in [0.5, 0.6) is 0 Å². The minimum atomic E-state index is -0.0608. The van der Waals surface area contributed by atoms with E-state index >= 15 is 0 Å². The van der Waals surface area contributed by atoms with Crippen molar-refractivity contribution in [2.45, 2.75) is 46.6 Å². The zero-order chi connectivity index (χ0) is 22.1. The molecule has 1 unspecified atom stereocenters. The van der Waals surface area contributed by atoms with E-state index in [0.717, 1.165) is 62.8 Å². The van der Waals surface area contributed by atoms with Crippen LogP contribution < -0.4 is 4.90 Å². The summed E-state index contributed by atoms with van der Waals surface area (Å²) >= 11 is 1.72. The van der Waals surface area contributed by atoms with Crippen LogP contribution in [0, 0.1) is 37.0 Å². The molecule has 4 rings (SSSR count). The molecular weight excluding hydrogens is 408 g/mol. The minimum Gasteiger partial charge on any atom is -0.356 e. The summed E-state index contributed by atoms with van der Waals surface area (Å²) in [6.07, 6.45) is 3.38. The monoisotopic (exact) mass is 440 g/mol. The molecule has 2 aromatic rings. The Balaban J connectivity index is 1.36. The number of thiophene rings is 1. The molecule has 8 heteroatoms. The highest BCUT2D eigenvalue weighted by Gasteiger charge is 2.33. The Morgan fingerprint density at radius 3 is 2.42 bits per heavy atom. The molecule has 0 aromatic carbocycles. The molecule has 2 aliphatic heterocycles. The summed E-state index contributed by atoms with van der Waals surface area (Å²) in [5, 5.41) is 10.6. The van der Waals surface area contributed by atoms with Crippen molar-refractivity contribution < 1.29 is 4.79 Å². The first-order valence-electron chi connectivity index (χ1n) is 11.3. The van der Waals surface area contributed by atoms with Gasteiger partial charge >= 0.3 is 0 Å². The quantitative estimate of drug-likeness (QED) is 0.727. The first kappa shape index (κ1) is 22.0. The Hall–Kier alpha value is -2.24. The van der Waals surface area contributed by atoms with Gasteiger partial charge in [-0.1, -0.05) is 13.8 Å². The van der Waals surface area contributed by atoms with Crippen molar-refractivity contribution in [2.75, 3.05) is 44.2 Å². The number of hydrogen-bond acceptors (Lipinski definition) is 7. The van der Waals surface area contributed by atoms with Crippen LogP contribution in [0.2, 0.25) is 0 Å². The number of fused-ring (bicyclic) bond motifs is 1. The zero-order valence-electron chi connectivity index (χ0n) is 19.0. The highest BCUT2D eigenvalue weighted by Crippen LogP contribution is 2.35. The molecule has 2 aliphatic rings. The van der Waals surface area contributed by atoms with Crippen LogP contribution in [-0.2, 0) is 4.79 Å². The predicted molar refractivity (Wildman–Crippen MR) is 124 cm³/mol. The fraction of sp³-hybridized carbons (Fsp3) is 0.652. The van der Waals surface area contributed by atoms with Crippen LogP contribution in [0.15, 0.2) is 6.33 Å². The Morgan fingerprint density at radius 1 is 1.13 bits per heavy atom. The summed E-state index contributed by atoms with van der Waals surface area (Å²) in [5.41, 5.74) is 1.27. The molecule has 166 valence electrons. The summed E-state index contributed by atoms with van der Waals surface area (Å²) in [7, 11) is 0. The van der Waals surface area contributed by atoms with E-state index in [1.54, 1.807) is 17.7 Å². The van der Waals surface area contributed by atoms with E-state index in [-0.39, 0.29) is 17.9 Å². The number of anilines is 1. The van der Waals surface area contributed by atoms with Crippen LogP contribution >= 0.6 is 11.3 Å². The molecule has 2 aromatic heterocycles. The fourth-order valence-electron chi connectivity index (χ4n) is 4.87.